The minimum absolute atomic E-state index is 0.0211. The van der Waals surface area contributed by atoms with Gasteiger partial charge in [-0.25, -0.2) is 4.39 Å². The first-order valence-corrected chi connectivity index (χ1v) is 6.86. The SMILES string of the molecule is Nc1cccc(F)c1NC(=O)c1csc2ccccc12. The number of para-hydroxylation sites is 1. The van der Waals surface area contributed by atoms with Gasteiger partial charge in [-0.1, -0.05) is 24.3 Å². The number of amides is 1. The van der Waals surface area contributed by atoms with Crippen LogP contribution in [0, 0.1) is 5.82 Å². The third-order valence-corrected chi connectivity index (χ3v) is 3.97. The van der Waals surface area contributed by atoms with E-state index in [-0.39, 0.29) is 17.3 Å². The molecule has 0 radical (unpaired) electrons. The van der Waals surface area contributed by atoms with Crippen molar-refractivity contribution in [2.45, 2.75) is 0 Å². The number of carbonyl (C=O) groups excluding carboxylic acids is 1. The molecular formula is C15H11FN2OS. The van der Waals surface area contributed by atoms with Gasteiger partial charge in [-0.3, -0.25) is 4.79 Å². The average Bonchev–Trinajstić information content (AvgIpc) is 2.87. The molecule has 1 amide bonds. The first-order chi connectivity index (χ1) is 9.66. The van der Waals surface area contributed by atoms with Gasteiger partial charge < -0.3 is 11.1 Å². The molecule has 0 aliphatic carbocycles. The van der Waals surface area contributed by atoms with Crippen molar-refractivity contribution in [2.24, 2.45) is 0 Å². The molecule has 100 valence electrons. The van der Waals surface area contributed by atoms with Crippen LogP contribution in [-0.2, 0) is 0 Å². The van der Waals surface area contributed by atoms with Gasteiger partial charge in [0.25, 0.3) is 5.91 Å². The number of thiophene rings is 1. The van der Waals surface area contributed by atoms with E-state index in [0.29, 0.717) is 5.56 Å². The third kappa shape index (κ3) is 2.12. The van der Waals surface area contributed by atoms with E-state index in [2.05, 4.69) is 5.32 Å². The summed E-state index contributed by atoms with van der Waals surface area (Å²) in [6.45, 7) is 0. The van der Waals surface area contributed by atoms with Gasteiger partial charge in [-0.2, -0.15) is 0 Å². The van der Waals surface area contributed by atoms with Crippen LogP contribution in [0.1, 0.15) is 10.4 Å². The molecule has 0 aliphatic rings. The van der Waals surface area contributed by atoms with Crippen LogP contribution in [0.2, 0.25) is 0 Å². The molecule has 0 fully saturated rings. The predicted molar refractivity (Wildman–Crippen MR) is 80.6 cm³/mol. The van der Waals surface area contributed by atoms with E-state index >= 15 is 0 Å². The molecule has 0 saturated heterocycles. The van der Waals surface area contributed by atoms with Crippen molar-refractivity contribution < 1.29 is 9.18 Å². The van der Waals surface area contributed by atoms with Crippen LogP contribution in [0.3, 0.4) is 0 Å². The normalized spacial score (nSPS) is 10.7. The largest absolute Gasteiger partial charge is 0.397 e. The summed E-state index contributed by atoms with van der Waals surface area (Å²) in [6.07, 6.45) is 0. The molecule has 0 bridgehead atoms. The molecule has 0 saturated carbocycles. The minimum atomic E-state index is -0.544. The van der Waals surface area contributed by atoms with Crippen molar-refractivity contribution in [1.29, 1.82) is 0 Å². The second-order valence-electron chi connectivity index (χ2n) is 4.30. The van der Waals surface area contributed by atoms with Gasteiger partial charge in [-0.05, 0) is 18.2 Å². The van der Waals surface area contributed by atoms with Crippen molar-refractivity contribution in [2.75, 3.05) is 11.1 Å². The van der Waals surface area contributed by atoms with Gasteiger partial charge in [0, 0.05) is 15.5 Å². The maximum atomic E-state index is 13.7. The van der Waals surface area contributed by atoms with Crippen LogP contribution in [0.4, 0.5) is 15.8 Å². The number of carbonyl (C=O) groups is 1. The summed E-state index contributed by atoms with van der Waals surface area (Å²) in [7, 11) is 0. The topological polar surface area (TPSA) is 55.1 Å². The number of rotatable bonds is 2. The smallest absolute Gasteiger partial charge is 0.257 e. The second-order valence-corrected chi connectivity index (χ2v) is 5.21. The maximum absolute atomic E-state index is 13.7. The zero-order chi connectivity index (χ0) is 14.1. The summed E-state index contributed by atoms with van der Waals surface area (Å²) in [5.41, 5.74) is 6.43. The summed E-state index contributed by atoms with van der Waals surface area (Å²) < 4.78 is 14.7. The average molecular weight is 286 g/mol. The number of benzene rings is 2. The van der Waals surface area contributed by atoms with E-state index in [0.717, 1.165) is 10.1 Å². The first-order valence-electron chi connectivity index (χ1n) is 5.98. The van der Waals surface area contributed by atoms with E-state index in [1.165, 1.54) is 23.5 Å². The fourth-order valence-electron chi connectivity index (χ4n) is 2.01. The maximum Gasteiger partial charge on any atom is 0.257 e. The van der Waals surface area contributed by atoms with Gasteiger partial charge in [0.05, 0.1) is 11.3 Å². The van der Waals surface area contributed by atoms with E-state index < -0.39 is 5.82 Å². The van der Waals surface area contributed by atoms with Crippen LogP contribution in [-0.4, -0.2) is 5.91 Å². The van der Waals surface area contributed by atoms with Gasteiger partial charge >= 0.3 is 0 Å². The lowest BCUT2D eigenvalue weighted by molar-refractivity contribution is 0.102. The molecule has 3 aromatic rings. The van der Waals surface area contributed by atoms with Gasteiger partial charge in [0.1, 0.15) is 11.5 Å². The van der Waals surface area contributed by atoms with Gasteiger partial charge in [0.2, 0.25) is 0 Å². The van der Waals surface area contributed by atoms with Crippen LogP contribution in [0.25, 0.3) is 10.1 Å². The molecule has 0 atom stereocenters. The van der Waals surface area contributed by atoms with Crippen molar-refractivity contribution in [3.63, 3.8) is 0 Å². The van der Waals surface area contributed by atoms with Gasteiger partial charge in [0.15, 0.2) is 0 Å². The molecule has 3 nitrogen and oxygen atoms in total. The number of anilines is 2. The number of fused-ring (bicyclic) bond motifs is 1. The van der Waals surface area contributed by atoms with Gasteiger partial charge in [-0.15, -0.1) is 11.3 Å². The zero-order valence-electron chi connectivity index (χ0n) is 10.4. The molecule has 0 unspecified atom stereocenters. The first kappa shape index (κ1) is 12.6. The van der Waals surface area contributed by atoms with E-state index in [9.17, 15) is 9.18 Å². The summed E-state index contributed by atoms with van der Waals surface area (Å²) in [5, 5.41) is 5.15. The third-order valence-electron chi connectivity index (χ3n) is 3.01. The molecule has 20 heavy (non-hydrogen) atoms. The fraction of sp³-hybridized carbons (Fsp3) is 0. The Morgan fingerprint density at radius 3 is 2.75 bits per heavy atom. The molecule has 3 rings (SSSR count). The van der Waals surface area contributed by atoms with Crippen molar-refractivity contribution in [3.05, 3.63) is 59.2 Å². The van der Waals surface area contributed by atoms with E-state index in [4.69, 9.17) is 5.73 Å². The summed E-state index contributed by atoms with van der Waals surface area (Å²) >= 11 is 1.48. The molecule has 0 aliphatic heterocycles. The molecule has 5 heteroatoms. The number of halogens is 1. The Hall–Kier alpha value is -2.40. The summed E-state index contributed by atoms with van der Waals surface area (Å²) in [5.74, 6) is -0.905. The fourth-order valence-corrected chi connectivity index (χ4v) is 2.95. The monoisotopic (exact) mass is 286 g/mol. The Morgan fingerprint density at radius 1 is 1.15 bits per heavy atom. The van der Waals surface area contributed by atoms with E-state index in [1.807, 2.05) is 24.3 Å². The highest BCUT2D eigenvalue weighted by Gasteiger charge is 2.15. The van der Waals surface area contributed by atoms with E-state index in [1.54, 1.807) is 11.4 Å². The number of hydrogen-bond donors (Lipinski definition) is 2. The molecule has 1 aromatic heterocycles. The molecule has 3 N–H and O–H groups in total. The molecular weight excluding hydrogens is 275 g/mol. The predicted octanol–water partition coefficient (Wildman–Crippen LogP) is 3.87. The Labute approximate surface area is 118 Å². The molecule has 2 aromatic carbocycles. The number of nitrogen functional groups attached to an aromatic ring is 1. The summed E-state index contributed by atoms with van der Waals surface area (Å²) in [6, 6.07) is 11.9. The van der Waals surface area contributed by atoms with Crippen LogP contribution in [0.5, 0.6) is 0 Å². The van der Waals surface area contributed by atoms with Crippen LogP contribution >= 0.6 is 11.3 Å². The Morgan fingerprint density at radius 2 is 1.95 bits per heavy atom. The highest BCUT2D eigenvalue weighted by Crippen LogP contribution is 2.28. The van der Waals surface area contributed by atoms with Crippen molar-refractivity contribution >= 4 is 38.7 Å². The quantitative estimate of drug-likeness (QED) is 0.702. The molecule has 1 heterocycles. The standard InChI is InChI=1S/C15H11FN2OS/c16-11-5-3-6-12(17)14(11)18-15(19)10-8-20-13-7-2-1-4-9(10)13/h1-8H,17H2,(H,18,19). The van der Waals surface area contributed by atoms with Crippen molar-refractivity contribution in [3.8, 4) is 0 Å². The lowest BCUT2D eigenvalue weighted by Gasteiger charge is -2.08. The minimum Gasteiger partial charge on any atom is -0.397 e. The highest BCUT2D eigenvalue weighted by molar-refractivity contribution is 7.17. The second kappa shape index (κ2) is 4.94. The Balaban J connectivity index is 1.98. The number of nitrogens with one attached hydrogen (secondary N) is 1. The number of nitrogens with two attached hydrogens (primary N) is 1. The molecule has 0 spiro atoms. The zero-order valence-corrected chi connectivity index (χ0v) is 11.2. The number of hydrogen-bond acceptors (Lipinski definition) is 3. The lowest BCUT2D eigenvalue weighted by Crippen LogP contribution is -2.14. The Kier molecular flexibility index (Phi) is 3.12. The van der Waals surface area contributed by atoms with Crippen LogP contribution < -0.4 is 11.1 Å². The Bertz CT molecular complexity index is 777. The highest BCUT2D eigenvalue weighted by atomic mass is 32.1. The summed E-state index contributed by atoms with van der Waals surface area (Å²) in [4.78, 5) is 12.3. The lowest BCUT2D eigenvalue weighted by atomic mass is 10.1. The van der Waals surface area contributed by atoms with Crippen LogP contribution in [0.15, 0.2) is 47.8 Å². The van der Waals surface area contributed by atoms with Crippen molar-refractivity contribution in [1.82, 2.24) is 0 Å².